The van der Waals surface area contributed by atoms with Crippen molar-refractivity contribution in [1.29, 1.82) is 10.5 Å². The highest BCUT2D eigenvalue weighted by molar-refractivity contribution is 5.75. The molecule has 0 bridgehead atoms. The van der Waals surface area contributed by atoms with E-state index in [1.807, 2.05) is 18.2 Å². The Balaban J connectivity index is 3.55. The van der Waals surface area contributed by atoms with E-state index in [9.17, 15) is 20.1 Å². The molecule has 156 valence electrons. The first-order chi connectivity index (χ1) is 13.5. The summed E-state index contributed by atoms with van der Waals surface area (Å²) in [5, 5.41) is 19.2. The molecule has 0 saturated heterocycles. The SMILES string of the molecule is CCOC(=O)CC(CC(=O)OCC)c1cc(C(C)(C)C#N)cc(C(C)(C)C#N)c1. The van der Waals surface area contributed by atoms with E-state index in [1.54, 1.807) is 41.5 Å². The van der Waals surface area contributed by atoms with E-state index in [2.05, 4.69) is 12.1 Å². The molecule has 1 aromatic carbocycles. The van der Waals surface area contributed by atoms with E-state index in [0.29, 0.717) is 5.56 Å². The van der Waals surface area contributed by atoms with Crippen LogP contribution >= 0.6 is 0 Å². The Morgan fingerprint density at radius 2 is 1.24 bits per heavy atom. The van der Waals surface area contributed by atoms with Gasteiger partial charge in [0.05, 0.1) is 49.0 Å². The minimum absolute atomic E-state index is 0.00944. The minimum Gasteiger partial charge on any atom is -0.466 e. The summed E-state index contributed by atoms with van der Waals surface area (Å²) in [7, 11) is 0. The summed E-state index contributed by atoms with van der Waals surface area (Å²) in [6, 6.07) is 10.1. The molecule has 0 aromatic heterocycles. The maximum Gasteiger partial charge on any atom is 0.306 e. The quantitative estimate of drug-likeness (QED) is 0.576. The lowest BCUT2D eigenvalue weighted by atomic mass is 9.77. The monoisotopic (exact) mass is 398 g/mol. The van der Waals surface area contributed by atoms with E-state index in [1.165, 1.54) is 0 Å². The van der Waals surface area contributed by atoms with Gasteiger partial charge in [0, 0.05) is 5.92 Å². The van der Waals surface area contributed by atoms with Gasteiger partial charge in [0.1, 0.15) is 0 Å². The molecule has 0 spiro atoms. The van der Waals surface area contributed by atoms with Crippen LogP contribution in [0.2, 0.25) is 0 Å². The number of esters is 2. The number of nitriles is 2. The number of carbonyl (C=O) groups excluding carboxylic acids is 2. The first kappa shape index (κ1) is 24.2. The molecule has 6 heteroatoms. The van der Waals surface area contributed by atoms with Crippen LogP contribution in [-0.2, 0) is 29.9 Å². The van der Waals surface area contributed by atoms with Gasteiger partial charge in [0.2, 0.25) is 0 Å². The van der Waals surface area contributed by atoms with E-state index in [-0.39, 0.29) is 26.1 Å². The smallest absolute Gasteiger partial charge is 0.306 e. The van der Waals surface area contributed by atoms with Crippen LogP contribution in [0.1, 0.15) is 77.0 Å². The number of hydrogen-bond acceptors (Lipinski definition) is 6. The fourth-order valence-electron chi connectivity index (χ4n) is 2.89. The number of benzene rings is 1. The third-order valence-electron chi connectivity index (χ3n) is 4.87. The van der Waals surface area contributed by atoms with Crippen LogP contribution in [0, 0.1) is 22.7 Å². The van der Waals surface area contributed by atoms with Crippen LogP contribution in [0.3, 0.4) is 0 Å². The molecule has 0 aliphatic rings. The van der Waals surface area contributed by atoms with Crippen molar-refractivity contribution in [3.63, 3.8) is 0 Å². The molecule has 0 aliphatic carbocycles. The number of ether oxygens (including phenoxy) is 2. The van der Waals surface area contributed by atoms with E-state index >= 15 is 0 Å². The van der Waals surface area contributed by atoms with Gasteiger partial charge in [0.25, 0.3) is 0 Å². The van der Waals surface area contributed by atoms with Crippen molar-refractivity contribution in [2.75, 3.05) is 13.2 Å². The van der Waals surface area contributed by atoms with Crippen LogP contribution in [0.25, 0.3) is 0 Å². The largest absolute Gasteiger partial charge is 0.466 e. The van der Waals surface area contributed by atoms with Crippen LogP contribution in [0.4, 0.5) is 0 Å². The zero-order valence-corrected chi connectivity index (χ0v) is 18.2. The average molecular weight is 399 g/mol. The predicted molar refractivity (Wildman–Crippen MR) is 109 cm³/mol. The Hall–Kier alpha value is -2.86. The fraction of sp³-hybridized carbons (Fsp3) is 0.565. The van der Waals surface area contributed by atoms with Gasteiger partial charge in [-0.1, -0.05) is 18.2 Å². The number of rotatable bonds is 9. The van der Waals surface area contributed by atoms with Crippen molar-refractivity contribution in [3.8, 4) is 12.1 Å². The second-order valence-electron chi connectivity index (χ2n) is 8.03. The molecular formula is C23H30N2O4. The van der Waals surface area contributed by atoms with Crippen molar-refractivity contribution in [3.05, 3.63) is 34.9 Å². The van der Waals surface area contributed by atoms with Crippen molar-refractivity contribution >= 4 is 11.9 Å². The molecule has 1 aromatic rings. The second kappa shape index (κ2) is 10.1. The summed E-state index contributed by atoms with van der Waals surface area (Å²) in [6.07, 6.45) is 0.0189. The Bertz CT molecular complexity index is 764. The summed E-state index contributed by atoms with van der Waals surface area (Å²) in [5.41, 5.74) is 0.580. The maximum absolute atomic E-state index is 12.2. The summed E-state index contributed by atoms with van der Waals surface area (Å²) >= 11 is 0. The standard InChI is InChI=1S/C23H30N2O4/c1-7-28-20(26)11-17(12-21(27)29-8-2)16-9-18(22(3,4)14-24)13-19(10-16)23(5,6)15-25/h9-10,13,17H,7-8,11-12H2,1-6H3. The molecule has 0 heterocycles. The van der Waals surface area contributed by atoms with Crippen LogP contribution in [-0.4, -0.2) is 25.2 Å². The van der Waals surface area contributed by atoms with Gasteiger partial charge < -0.3 is 9.47 Å². The summed E-state index contributed by atoms with van der Waals surface area (Å²) < 4.78 is 10.2. The van der Waals surface area contributed by atoms with Crippen LogP contribution in [0.15, 0.2) is 18.2 Å². The normalized spacial score (nSPS) is 11.5. The predicted octanol–water partition coefficient (Wildman–Crippen LogP) is 4.28. The van der Waals surface area contributed by atoms with Gasteiger partial charge in [-0.05, 0) is 58.2 Å². The maximum atomic E-state index is 12.2. The van der Waals surface area contributed by atoms with Crippen molar-refractivity contribution in [2.45, 2.75) is 71.1 Å². The van der Waals surface area contributed by atoms with Gasteiger partial charge >= 0.3 is 11.9 Å². The summed E-state index contributed by atoms with van der Waals surface area (Å²) in [6.45, 7) is 11.1. The molecule has 6 nitrogen and oxygen atoms in total. The van der Waals surface area contributed by atoms with Crippen molar-refractivity contribution < 1.29 is 19.1 Å². The number of hydrogen-bond donors (Lipinski definition) is 0. The molecule has 0 aliphatic heterocycles. The fourth-order valence-corrected chi connectivity index (χ4v) is 2.89. The van der Waals surface area contributed by atoms with Gasteiger partial charge in [0.15, 0.2) is 0 Å². The van der Waals surface area contributed by atoms with Crippen molar-refractivity contribution in [1.82, 2.24) is 0 Å². The van der Waals surface area contributed by atoms with E-state index < -0.39 is 28.7 Å². The Morgan fingerprint density at radius 3 is 1.55 bits per heavy atom. The highest BCUT2D eigenvalue weighted by Gasteiger charge is 2.29. The highest BCUT2D eigenvalue weighted by Crippen LogP contribution is 2.35. The lowest BCUT2D eigenvalue weighted by molar-refractivity contribution is -0.145. The first-order valence-corrected chi connectivity index (χ1v) is 9.80. The molecule has 0 atom stereocenters. The Kier molecular flexibility index (Phi) is 8.40. The highest BCUT2D eigenvalue weighted by atomic mass is 16.5. The molecular weight excluding hydrogens is 368 g/mol. The second-order valence-corrected chi connectivity index (χ2v) is 8.03. The molecule has 0 fully saturated rings. The number of carbonyl (C=O) groups is 2. The van der Waals surface area contributed by atoms with Gasteiger partial charge in [-0.15, -0.1) is 0 Å². The van der Waals surface area contributed by atoms with Gasteiger partial charge in [-0.25, -0.2) is 0 Å². The minimum atomic E-state index is -0.797. The molecule has 1 rings (SSSR count). The Labute approximate surface area is 173 Å². The van der Waals surface area contributed by atoms with Gasteiger partial charge in [-0.2, -0.15) is 10.5 Å². The van der Waals surface area contributed by atoms with E-state index in [0.717, 1.165) is 11.1 Å². The lowest BCUT2D eigenvalue weighted by Gasteiger charge is -2.25. The van der Waals surface area contributed by atoms with Gasteiger partial charge in [-0.3, -0.25) is 9.59 Å². The number of nitrogens with zero attached hydrogens (tertiary/aromatic N) is 2. The third-order valence-corrected chi connectivity index (χ3v) is 4.87. The molecule has 29 heavy (non-hydrogen) atoms. The van der Waals surface area contributed by atoms with E-state index in [4.69, 9.17) is 9.47 Å². The Morgan fingerprint density at radius 1 is 0.862 bits per heavy atom. The average Bonchev–Trinajstić information content (AvgIpc) is 2.67. The summed E-state index contributed by atoms with van der Waals surface area (Å²) in [5.74, 6) is -1.29. The first-order valence-electron chi connectivity index (χ1n) is 9.80. The van der Waals surface area contributed by atoms with Crippen molar-refractivity contribution in [2.24, 2.45) is 0 Å². The zero-order valence-electron chi connectivity index (χ0n) is 18.2. The molecule has 0 amide bonds. The lowest BCUT2D eigenvalue weighted by Crippen LogP contribution is -2.21. The molecule has 0 N–H and O–H groups in total. The zero-order chi connectivity index (χ0) is 22.2. The summed E-state index contributed by atoms with van der Waals surface area (Å²) in [4.78, 5) is 24.3. The van der Waals surface area contributed by atoms with Crippen LogP contribution < -0.4 is 0 Å². The van der Waals surface area contributed by atoms with Crippen LogP contribution in [0.5, 0.6) is 0 Å². The molecule has 0 radical (unpaired) electrons. The third kappa shape index (κ3) is 6.61. The molecule has 0 unspecified atom stereocenters. The topological polar surface area (TPSA) is 100 Å². The molecule has 0 saturated carbocycles.